The number of carbonyl (C=O) groups excluding carboxylic acids is 2. The monoisotopic (exact) mass is 224 g/mol. The highest BCUT2D eigenvalue weighted by Gasteiger charge is 2.44. The van der Waals surface area contributed by atoms with Gasteiger partial charge in [0.1, 0.15) is 0 Å². The van der Waals surface area contributed by atoms with Gasteiger partial charge in [0.25, 0.3) is 0 Å². The Morgan fingerprint density at radius 1 is 1.19 bits per heavy atom. The van der Waals surface area contributed by atoms with Gasteiger partial charge >= 0.3 is 6.03 Å². The van der Waals surface area contributed by atoms with Gasteiger partial charge < -0.3 is 9.64 Å². The second-order valence-corrected chi connectivity index (χ2v) is 4.76. The zero-order chi connectivity index (χ0) is 11.1. The Kier molecular flexibility index (Phi) is 2.35. The van der Waals surface area contributed by atoms with Crippen LogP contribution in [0.25, 0.3) is 0 Å². The molecule has 2 saturated heterocycles. The lowest BCUT2D eigenvalue weighted by atomic mass is 9.90. The number of nitrogens with zero attached hydrogens (tertiary/aromatic N) is 2. The molecule has 1 unspecified atom stereocenters. The van der Waals surface area contributed by atoms with Gasteiger partial charge in [-0.05, 0) is 19.3 Å². The molecular formula is C11H16N2O3. The predicted molar refractivity (Wildman–Crippen MR) is 55.8 cm³/mol. The molecule has 0 aromatic heterocycles. The molecule has 3 amide bonds. The highest BCUT2D eigenvalue weighted by Crippen LogP contribution is 2.30. The number of carbonyl (C=O) groups is 2. The number of morpholine rings is 1. The number of imide groups is 1. The van der Waals surface area contributed by atoms with E-state index in [9.17, 15) is 9.59 Å². The van der Waals surface area contributed by atoms with Crippen molar-refractivity contribution < 1.29 is 14.3 Å². The van der Waals surface area contributed by atoms with Crippen LogP contribution in [0.2, 0.25) is 0 Å². The maximum atomic E-state index is 12.2. The van der Waals surface area contributed by atoms with E-state index < -0.39 is 0 Å². The Bertz CT molecular complexity index is 327. The number of ether oxygens (including phenoxy) is 1. The average Bonchev–Trinajstić information content (AvgIpc) is 2.21. The van der Waals surface area contributed by atoms with E-state index in [4.69, 9.17) is 4.74 Å². The molecular weight excluding hydrogens is 208 g/mol. The molecule has 16 heavy (non-hydrogen) atoms. The molecule has 0 aromatic carbocycles. The predicted octanol–water partition coefficient (Wildman–Crippen LogP) is 0.592. The fourth-order valence-corrected chi connectivity index (χ4v) is 2.63. The molecule has 1 atom stereocenters. The molecule has 3 fully saturated rings. The quantitative estimate of drug-likeness (QED) is 0.655. The minimum Gasteiger partial charge on any atom is -0.377 e. The van der Waals surface area contributed by atoms with Crippen molar-refractivity contribution in [2.75, 3.05) is 19.8 Å². The molecule has 0 radical (unpaired) electrons. The maximum Gasteiger partial charge on any atom is 0.327 e. The van der Waals surface area contributed by atoms with Gasteiger partial charge in [0, 0.05) is 12.6 Å². The fraction of sp³-hybridized carbons (Fsp3) is 0.818. The van der Waals surface area contributed by atoms with Crippen LogP contribution in [-0.4, -0.2) is 53.6 Å². The van der Waals surface area contributed by atoms with Crippen LogP contribution in [0.4, 0.5) is 4.79 Å². The first-order valence-corrected chi connectivity index (χ1v) is 5.98. The lowest BCUT2D eigenvalue weighted by Gasteiger charge is -2.46. The fourth-order valence-electron chi connectivity index (χ4n) is 2.63. The smallest absolute Gasteiger partial charge is 0.327 e. The van der Waals surface area contributed by atoms with Crippen LogP contribution in [0.15, 0.2) is 0 Å². The molecule has 5 nitrogen and oxygen atoms in total. The molecule has 0 bridgehead atoms. The molecule has 88 valence electrons. The number of rotatable bonds is 1. The second-order valence-electron chi connectivity index (χ2n) is 4.76. The highest BCUT2D eigenvalue weighted by atomic mass is 16.5. The van der Waals surface area contributed by atoms with Crippen molar-refractivity contribution in [2.45, 2.75) is 37.8 Å². The van der Waals surface area contributed by atoms with Crippen LogP contribution in [0.3, 0.4) is 0 Å². The van der Waals surface area contributed by atoms with E-state index in [2.05, 4.69) is 0 Å². The van der Waals surface area contributed by atoms with E-state index >= 15 is 0 Å². The summed E-state index contributed by atoms with van der Waals surface area (Å²) in [5.74, 6) is -0.0125. The van der Waals surface area contributed by atoms with Crippen molar-refractivity contribution in [3.63, 3.8) is 0 Å². The Morgan fingerprint density at radius 3 is 2.69 bits per heavy atom. The summed E-state index contributed by atoms with van der Waals surface area (Å²) in [4.78, 5) is 27.4. The van der Waals surface area contributed by atoms with Crippen molar-refractivity contribution in [1.82, 2.24) is 9.80 Å². The topological polar surface area (TPSA) is 49.9 Å². The summed E-state index contributed by atoms with van der Waals surface area (Å²) >= 11 is 0. The molecule has 3 rings (SSSR count). The van der Waals surface area contributed by atoms with Gasteiger partial charge in [-0.3, -0.25) is 9.69 Å². The van der Waals surface area contributed by atoms with Crippen LogP contribution < -0.4 is 0 Å². The maximum absolute atomic E-state index is 12.2. The third kappa shape index (κ3) is 1.42. The SMILES string of the molecule is O=C1CC2COCCN2C(=O)N1C1CCC1. The largest absolute Gasteiger partial charge is 0.377 e. The summed E-state index contributed by atoms with van der Waals surface area (Å²) in [7, 11) is 0. The number of urea groups is 1. The molecule has 5 heteroatoms. The van der Waals surface area contributed by atoms with Crippen molar-refractivity contribution in [1.29, 1.82) is 0 Å². The lowest BCUT2D eigenvalue weighted by molar-refractivity contribution is -0.139. The van der Waals surface area contributed by atoms with Crippen molar-refractivity contribution in [3.05, 3.63) is 0 Å². The van der Waals surface area contributed by atoms with Gasteiger partial charge in [0.15, 0.2) is 0 Å². The number of amides is 3. The summed E-state index contributed by atoms with van der Waals surface area (Å²) in [5, 5.41) is 0. The van der Waals surface area contributed by atoms with Crippen LogP contribution in [0.5, 0.6) is 0 Å². The van der Waals surface area contributed by atoms with E-state index in [1.807, 2.05) is 4.90 Å². The van der Waals surface area contributed by atoms with Gasteiger partial charge in [-0.15, -0.1) is 0 Å². The molecule has 3 aliphatic rings. The second kappa shape index (κ2) is 3.73. The first-order chi connectivity index (χ1) is 7.77. The zero-order valence-electron chi connectivity index (χ0n) is 9.22. The van der Waals surface area contributed by atoms with E-state index in [1.54, 1.807) is 0 Å². The average molecular weight is 224 g/mol. The van der Waals surface area contributed by atoms with E-state index in [1.165, 1.54) is 4.90 Å². The van der Waals surface area contributed by atoms with Crippen LogP contribution in [0, 0.1) is 0 Å². The number of hydrogen-bond acceptors (Lipinski definition) is 3. The van der Waals surface area contributed by atoms with Gasteiger partial charge in [0.2, 0.25) is 5.91 Å². The van der Waals surface area contributed by atoms with E-state index in [-0.39, 0.29) is 24.0 Å². The lowest BCUT2D eigenvalue weighted by Crippen LogP contribution is -2.63. The molecule has 2 aliphatic heterocycles. The first kappa shape index (κ1) is 10.1. The molecule has 1 aliphatic carbocycles. The summed E-state index contributed by atoms with van der Waals surface area (Å²) in [6.45, 7) is 1.73. The van der Waals surface area contributed by atoms with Gasteiger partial charge in [-0.2, -0.15) is 0 Å². The number of hydrogen-bond donors (Lipinski definition) is 0. The first-order valence-electron chi connectivity index (χ1n) is 5.98. The number of fused-ring (bicyclic) bond motifs is 1. The summed E-state index contributed by atoms with van der Waals surface area (Å²) in [5.41, 5.74) is 0. The summed E-state index contributed by atoms with van der Waals surface area (Å²) in [6, 6.07) is 0.0584. The third-order valence-electron chi connectivity index (χ3n) is 3.80. The standard InChI is InChI=1S/C11H16N2O3/c14-10-6-9-7-16-5-4-12(9)11(15)13(10)8-2-1-3-8/h8-9H,1-7H2. The van der Waals surface area contributed by atoms with Crippen LogP contribution in [-0.2, 0) is 9.53 Å². The molecule has 0 aromatic rings. The molecule has 0 spiro atoms. The Morgan fingerprint density at radius 2 is 2.00 bits per heavy atom. The zero-order valence-corrected chi connectivity index (χ0v) is 9.22. The Hall–Kier alpha value is -1.10. The summed E-state index contributed by atoms with van der Waals surface area (Å²) < 4.78 is 5.31. The van der Waals surface area contributed by atoms with E-state index in [0.717, 1.165) is 19.3 Å². The molecule has 1 saturated carbocycles. The Labute approximate surface area is 94.3 Å². The van der Waals surface area contributed by atoms with Crippen LogP contribution in [0.1, 0.15) is 25.7 Å². The Balaban J connectivity index is 1.79. The minimum atomic E-state index is -0.0887. The minimum absolute atomic E-state index is 0.0125. The van der Waals surface area contributed by atoms with Crippen molar-refractivity contribution in [2.24, 2.45) is 0 Å². The van der Waals surface area contributed by atoms with Gasteiger partial charge in [-0.25, -0.2) is 4.79 Å². The van der Waals surface area contributed by atoms with Crippen molar-refractivity contribution in [3.8, 4) is 0 Å². The normalized spacial score (nSPS) is 31.4. The summed E-state index contributed by atoms with van der Waals surface area (Å²) in [6.07, 6.45) is 3.52. The van der Waals surface area contributed by atoms with Gasteiger partial charge in [0.05, 0.1) is 25.7 Å². The van der Waals surface area contributed by atoms with Gasteiger partial charge in [-0.1, -0.05) is 0 Å². The van der Waals surface area contributed by atoms with E-state index in [0.29, 0.717) is 26.2 Å². The van der Waals surface area contributed by atoms with Crippen LogP contribution >= 0.6 is 0 Å². The molecule has 0 N–H and O–H groups in total. The molecule has 2 heterocycles. The third-order valence-corrected chi connectivity index (χ3v) is 3.80. The van der Waals surface area contributed by atoms with Crippen molar-refractivity contribution >= 4 is 11.9 Å². The highest BCUT2D eigenvalue weighted by molar-refractivity contribution is 5.97.